The lowest BCUT2D eigenvalue weighted by Crippen LogP contribution is -1.97. The van der Waals surface area contributed by atoms with Crippen LogP contribution in [0.4, 0.5) is 0 Å². The first-order valence-corrected chi connectivity index (χ1v) is 17.3. The minimum Gasteiger partial charge on any atom is -0.456 e. The van der Waals surface area contributed by atoms with Gasteiger partial charge in [-0.3, -0.25) is 4.57 Å². The van der Waals surface area contributed by atoms with E-state index in [1.807, 2.05) is 56.3 Å². The maximum atomic E-state index is 6.30. The fourth-order valence-corrected chi connectivity index (χ4v) is 6.91. The Kier molecular flexibility index (Phi) is 7.55. The van der Waals surface area contributed by atoms with Gasteiger partial charge in [-0.15, -0.1) is 0 Å². The van der Waals surface area contributed by atoms with Gasteiger partial charge in [-0.1, -0.05) is 115 Å². The van der Waals surface area contributed by atoms with Crippen LogP contribution in [-0.2, 0) is 0 Å². The molecule has 0 saturated carbocycles. The van der Waals surface area contributed by atoms with Gasteiger partial charge in [0, 0.05) is 32.8 Å². The number of aromatic nitrogens is 2. The van der Waals surface area contributed by atoms with Gasteiger partial charge in [-0.2, -0.15) is 0 Å². The zero-order valence-corrected chi connectivity index (χ0v) is 28.4. The van der Waals surface area contributed by atoms with E-state index in [1.165, 1.54) is 0 Å². The van der Waals surface area contributed by atoms with Crippen LogP contribution in [0.5, 0.6) is 0 Å². The number of furan rings is 2. The smallest absolute Gasteiger partial charge is 0.145 e. The number of fused-ring (bicyclic) bond motifs is 7. The lowest BCUT2D eigenvalue weighted by molar-refractivity contribution is 0.664. The third-order valence-corrected chi connectivity index (χ3v) is 9.55. The number of allylic oxidation sites excluding steroid dienone is 2. The monoisotopic (exact) mass is 658 g/mol. The third-order valence-electron chi connectivity index (χ3n) is 9.55. The second-order valence-electron chi connectivity index (χ2n) is 12.7. The number of rotatable bonds is 4. The minimum atomic E-state index is 0.868. The van der Waals surface area contributed by atoms with Gasteiger partial charge in [0.2, 0.25) is 0 Å². The number of hydrogen-bond acceptors (Lipinski definition) is 3. The molecule has 10 aromatic rings. The summed E-state index contributed by atoms with van der Waals surface area (Å²) < 4.78 is 14.7. The summed E-state index contributed by atoms with van der Waals surface area (Å²) in [6.07, 6.45) is 4.00. The summed E-state index contributed by atoms with van der Waals surface area (Å²) in [6, 6.07) is 54.9. The largest absolute Gasteiger partial charge is 0.456 e. The summed E-state index contributed by atoms with van der Waals surface area (Å²) in [5.41, 5.74) is 12.3. The lowest BCUT2D eigenvalue weighted by atomic mass is 9.98. The van der Waals surface area contributed by atoms with E-state index >= 15 is 0 Å². The van der Waals surface area contributed by atoms with Gasteiger partial charge in [-0.05, 0) is 90.7 Å². The molecule has 0 amide bonds. The van der Waals surface area contributed by atoms with E-state index in [4.69, 9.17) is 13.8 Å². The van der Waals surface area contributed by atoms with Crippen molar-refractivity contribution >= 4 is 54.9 Å². The van der Waals surface area contributed by atoms with Crippen LogP contribution in [0.2, 0.25) is 0 Å². The van der Waals surface area contributed by atoms with Crippen molar-refractivity contribution in [1.82, 2.24) is 9.55 Å². The number of nitrogens with zero attached hydrogens (tertiary/aromatic N) is 2. The first kappa shape index (κ1) is 30.4. The molecule has 0 radical (unpaired) electrons. The van der Waals surface area contributed by atoms with E-state index in [2.05, 4.69) is 132 Å². The Morgan fingerprint density at radius 3 is 1.65 bits per heavy atom. The van der Waals surface area contributed by atoms with Gasteiger partial charge in [0.25, 0.3) is 0 Å². The normalized spacial score (nSPS) is 11.6. The molecule has 0 aliphatic carbocycles. The average Bonchev–Trinajstić information content (AvgIpc) is 3.88. The lowest BCUT2D eigenvalue weighted by Gasteiger charge is -2.10. The van der Waals surface area contributed by atoms with E-state index in [-0.39, 0.29) is 0 Å². The van der Waals surface area contributed by atoms with E-state index in [1.54, 1.807) is 0 Å². The molecular formula is C47H34N2O2. The maximum Gasteiger partial charge on any atom is 0.145 e. The molecule has 10 rings (SSSR count). The number of para-hydroxylation sites is 2. The molecule has 0 aliphatic rings. The maximum absolute atomic E-state index is 6.30. The fourth-order valence-electron chi connectivity index (χ4n) is 6.91. The molecule has 4 nitrogen and oxygen atoms in total. The standard InChI is InChI=1S/C43H26N2O2.C4H8/c1-3-9-29(10-4-1)43-44-37-24-31(19-21-38(37)45(43)32-11-5-2-6-12-32)28-17-15-27(16-18-28)30-20-22-40-34(23-30)36-26-41-35(25-42(36)47-40)33-13-7-8-14-39(33)46-41;1-3-4-2/h1-26H;3-4H,1-2H3/b;4-3-. The Bertz CT molecular complexity index is 2850. The van der Waals surface area contributed by atoms with Crippen molar-refractivity contribution in [1.29, 1.82) is 0 Å². The fraction of sp³-hybridized carbons (Fsp3) is 0.0426. The Labute approximate surface area is 295 Å². The molecule has 4 heteroatoms. The van der Waals surface area contributed by atoms with E-state index in [0.29, 0.717) is 0 Å². The predicted molar refractivity (Wildman–Crippen MR) is 212 cm³/mol. The van der Waals surface area contributed by atoms with Gasteiger partial charge in [-0.25, -0.2) is 4.98 Å². The highest BCUT2D eigenvalue weighted by molar-refractivity contribution is 6.15. The number of imidazole rings is 1. The van der Waals surface area contributed by atoms with Crippen LogP contribution in [0.25, 0.3) is 94.2 Å². The van der Waals surface area contributed by atoms with E-state index < -0.39 is 0 Å². The van der Waals surface area contributed by atoms with Gasteiger partial charge in [0.05, 0.1) is 11.0 Å². The molecule has 0 saturated heterocycles. The molecule has 51 heavy (non-hydrogen) atoms. The average molecular weight is 659 g/mol. The van der Waals surface area contributed by atoms with Crippen molar-refractivity contribution in [2.24, 2.45) is 0 Å². The number of benzene rings is 7. The summed E-state index contributed by atoms with van der Waals surface area (Å²) >= 11 is 0. The summed E-state index contributed by atoms with van der Waals surface area (Å²) in [5.74, 6) is 0.933. The van der Waals surface area contributed by atoms with Gasteiger partial charge in [0.1, 0.15) is 28.2 Å². The summed E-state index contributed by atoms with van der Waals surface area (Å²) in [5, 5.41) is 4.32. The Hall–Kier alpha value is -6.65. The third kappa shape index (κ3) is 5.38. The highest BCUT2D eigenvalue weighted by atomic mass is 16.3. The summed E-state index contributed by atoms with van der Waals surface area (Å²) in [6.45, 7) is 4.00. The van der Waals surface area contributed by atoms with Crippen molar-refractivity contribution in [2.45, 2.75) is 13.8 Å². The first-order chi connectivity index (χ1) is 25.2. The molecule has 0 spiro atoms. The highest BCUT2D eigenvalue weighted by Gasteiger charge is 2.16. The molecule has 3 heterocycles. The molecular weight excluding hydrogens is 625 g/mol. The number of hydrogen-bond donors (Lipinski definition) is 0. The van der Waals surface area contributed by atoms with Gasteiger partial charge >= 0.3 is 0 Å². The molecule has 0 atom stereocenters. The van der Waals surface area contributed by atoms with Crippen LogP contribution in [0.1, 0.15) is 13.8 Å². The van der Waals surface area contributed by atoms with E-state index in [0.717, 1.165) is 94.2 Å². The van der Waals surface area contributed by atoms with Gasteiger partial charge < -0.3 is 8.83 Å². The molecule has 0 bridgehead atoms. The quantitative estimate of drug-likeness (QED) is 0.177. The van der Waals surface area contributed by atoms with E-state index in [9.17, 15) is 0 Å². The zero-order valence-electron chi connectivity index (χ0n) is 28.4. The second kappa shape index (κ2) is 12.7. The minimum absolute atomic E-state index is 0.868. The van der Waals surface area contributed by atoms with Crippen LogP contribution >= 0.6 is 0 Å². The predicted octanol–water partition coefficient (Wildman–Crippen LogP) is 13.4. The van der Waals surface area contributed by atoms with Crippen molar-refractivity contribution in [2.75, 3.05) is 0 Å². The molecule has 3 aromatic heterocycles. The molecule has 0 fully saturated rings. The van der Waals surface area contributed by atoms with Crippen LogP contribution in [-0.4, -0.2) is 9.55 Å². The SMILES string of the molecule is C/C=C\C.c1ccc(-c2nc3cc(-c4ccc(-c5ccc6oc7cc8c(cc7c6c5)oc5ccccc58)cc4)ccc3n2-c2ccccc2)cc1. The van der Waals surface area contributed by atoms with Crippen LogP contribution in [0, 0.1) is 0 Å². The molecule has 0 N–H and O–H groups in total. The van der Waals surface area contributed by atoms with Crippen molar-refractivity contribution in [3.8, 4) is 39.3 Å². The van der Waals surface area contributed by atoms with Crippen molar-refractivity contribution < 1.29 is 8.83 Å². The second-order valence-corrected chi connectivity index (χ2v) is 12.7. The van der Waals surface area contributed by atoms with Crippen molar-refractivity contribution in [3.63, 3.8) is 0 Å². The Morgan fingerprint density at radius 1 is 0.431 bits per heavy atom. The first-order valence-electron chi connectivity index (χ1n) is 17.3. The van der Waals surface area contributed by atoms with Crippen LogP contribution in [0.15, 0.2) is 179 Å². The molecule has 0 unspecified atom stereocenters. The zero-order chi connectivity index (χ0) is 34.3. The van der Waals surface area contributed by atoms with Gasteiger partial charge in [0.15, 0.2) is 0 Å². The molecule has 7 aromatic carbocycles. The Morgan fingerprint density at radius 2 is 0.961 bits per heavy atom. The molecule has 0 aliphatic heterocycles. The summed E-state index contributed by atoms with van der Waals surface area (Å²) in [4.78, 5) is 5.14. The summed E-state index contributed by atoms with van der Waals surface area (Å²) in [7, 11) is 0. The highest BCUT2D eigenvalue weighted by Crippen LogP contribution is 2.38. The Balaban J connectivity index is 0.000000830. The van der Waals surface area contributed by atoms with Crippen LogP contribution in [0.3, 0.4) is 0 Å². The van der Waals surface area contributed by atoms with Crippen LogP contribution < -0.4 is 0 Å². The van der Waals surface area contributed by atoms with Crippen molar-refractivity contribution in [3.05, 3.63) is 170 Å². The molecule has 244 valence electrons. The topological polar surface area (TPSA) is 44.1 Å².